The summed E-state index contributed by atoms with van der Waals surface area (Å²) in [6, 6.07) is 9.30. The zero-order chi connectivity index (χ0) is 14.6. The number of ether oxygens (including phenoxy) is 1. The molecule has 0 saturated carbocycles. The first kappa shape index (κ1) is 17.5. The van der Waals surface area contributed by atoms with Crippen LogP contribution in [0.5, 0.6) is 5.75 Å². The number of unbranched alkanes of at least 4 members (excludes halogenated alkanes) is 6. The summed E-state index contributed by atoms with van der Waals surface area (Å²) in [6.07, 6.45) is 9.86. The number of rotatable bonds is 10. The number of para-hydroxylation sites is 1. The van der Waals surface area contributed by atoms with Crippen LogP contribution in [0.25, 0.3) is 0 Å². The van der Waals surface area contributed by atoms with E-state index in [1.165, 1.54) is 38.5 Å². The third-order valence-corrected chi connectivity index (χ3v) is 4.41. The molecule has 1 rings (SSSR count). The van der Waals surface area contributed by atoms with Crippen LogP contribution in [0.2, 0.25) is 0 Å². The Morgan fingerprint density at radius 1 is 1.05 bits per heavy atom. The largest absolute Gasteiger partial charge is 0.426 e. The summed E-state index contributed by atoms with van der Waals surface area (Å²) >= 11 is 2.19. The smallest absolute Gasteiger partial charge is 0.324 e. The molecule has 20 heavy (non-hydrogen) atoms. The van der Waals surface area contributed by atoms with Gasteiger partial charge >= 0.3 is 5.97 Å². The monoisotopic (exact) mass is 388 g/mol. The van der Waals surface area contributed by atoms with Crippen LogP contribution in [-0.2, 0) is 4.79 Å². The van der Waals surface area contributed by atoms with E-state index in [9.17, 15) is 4.79 Å². The normalized spacial score (nSPS) is 12.1. The molecule has 0 aliphatic rings. The van der Waals surface area contributed by atoms with Gasteiger partial charge in [0.15, 0.2) is 0 Å². The summed E-state index contributed by atoms with van der Waals surface area (Å²) in [7, 11) is 0. The van der Waals surface area contributed by atoms with Crippen LogP contribution in [0.15, 0.2) is 30.3 Å². The van der Waals surface area contributed by atoms with Gasteiger partial charge in [-0.15, -0.1) is 0 Å². The molecule has 0 aromatic heterocycles. The summed E-state index contributed by atoms with van der Waals surface area (Å²) < 4.78 is 5.30. The highest BCUT2D eigenvalue weighted by Crippen LogP contribution is 2.17. The molecule has 0 amide bonds. The lowest BCUT2D eigenvalue weighted by Gasteiger charge is -2.09. The zero-order valence-electron chi connectivity index (χ0n) is 12.3. The molecular formula is C17H25IO2. The van der Waals surface area contributed by atoms with Crippen LogP contribution >= 0.6 is 22.6 Å². The van der Waals surface area contributed by atoms with Crippen LogP contribution in [-0.4, -0.2) is 9.89 Å². The average Bonchev–Trinajstić information content (AvgIpc) is 2.47. The van der Waals surface area contributed by atoms with Crippen LogP contribution in [0.1, 0.15) is 58.3 Å². The Hall–Kier alpha value is -0.580. The molecule has 0 aliphatic carbocycles. The molecule has 1 atom stereocenters. The molecule has 1 unspecified atom stereocenters. The number of esters is 1. The quantitative estimate of drug-likeness (QED) is 0.173. The zero-order valence-corrected chi connectivity index (χ0v) is 14.5. The molecule has 1 aromatic rings. The van der Waals surface area contributed by atoms with Crippen molar-refractivity contribution in [3.05, 3.63) is 30.3 Å². The maximum absolute atomic E-state index is 11.9. The molecule has 0 spiro atoms. The molecule has 3 heteroatoms. The highest BCUT2D eigenvalue weighted by Gasteiger charge is 2.16. The summed E-state index contributed by atoms with van der Waals surface area (Å²) in [6.45, 7) is 2.24. The number of hydrogen-bond acceptors (Lipinski definition) is 2. The van der Waals surface area contributed by atoms with Crippen LogP contribution < -0.4 is 4.74 Å². The van der Waals surface area contributed by atoms with Gasteiger partial charge in [-0.05, 0) is 18.6 Å². The topological polar surface area (TPSA) is 26.3 Å². The van der Waals surface area contributed by atoms with Gasteiger partial charge < -0.3 is 4.74 Å². The predicted molar refractivity (Wildman–Crippen MR) is 92.5 cm³/mol. The van der Waals surface area contributed by atoms with Crippen molar-refractivity contribution < 1.29 is 9.53 Å². The van der Waals surface area contributed by atoms with E-state index in [0.717, 1.165) is 12.8 Å². The van der Waals surface area contributed by atoms with Crippen molar-refractivity contribution in [1.82, 2.24) is 0 Å². The third kappa shape index (κ3) is 7.88. The van der Waals surface area contributed by atoms with Crippen LogP contribution in [0.3, 0.4) is 0 Å². The molecule has 0 radical (unpaired) electrons. The van der Waals surface area contributed by atoms with E-state index in [0.29, 0.717) is 5.75 Å². The van der Waals surface area contributed by atoms with Gasteiger partial charge in [0.1, 0.15) is 9.67 Å². The molecule has 0 heterocycles. The van der Waals surface area contributed by atoms with Crippen LogP contribution in [0.4, 0.5) is 0 Å². The maximum Gasteiger partial charge on any atom is 0.324 e. The van der Waals surface area contributed by atoms with Gasteiger partial charge in [-0.1, -0.05) is 92.7 Å². The van der Waals surface area contributed by atoms with Crippen molar-refractivity contribution >= 4 is 28.6 Å². The second-order valence-corrected chi connectivity index (χ2v) is 6.62. The number of carbonyl (C=O) groups is 1. The summed E-state index contributed by atoms with van der Waals surface area (Å²) in [4.78, 5) is 11.9. The number of halogens is 1. The van der Waals surface area contributed by atoms with Crippen molar-refractivity contribution in [2.45, 2.75) is 62.2 Å². The molecule has 2 nitrogen and oxygen atoms in total. The Bertz CT molecular complexity index is 365. The number of carbonyl (C=O) groups excluding carboxylic acids is 1. The molecule has 112 valence electrons. The minimum Gasteiger partial charge on any atom is -0.426 e. The second-order valence-electron chi connectivity index (χ2n) is 5.11. The third-order valence-electron chi connectivity index (χ3n) is 3.28. The van der Waals surface area contributed by atoms with E-state index in [2.05, 4.69) is 29.5 Å². The molecule has 0 N–H and O–H groups in total. The number of hydrogen-bond donors (Lipinski definition) is 0. The standard InChI is InChI=1S/C17H25IO2/c1-2-3-4-5-6-7-11-14-16(18)17(19)20-15-12-9-8-10-13-15/h8-10,12-13,16H,2-7,11,14H2,1H3. The minimum atomic E-state index is -0.122. The minimum absolute atomic E-state index is 0.0385. The highest BCUT2D eigenvalue weighted by atomic mass is 127. The van der Waals surface area contributed by atoms with E-state index in [1.54, 1.807) is 0 Å². The lowest BCUT2D eigenvalue weighted by Crippen LogP contribution is -2.20. The van der Waals surface area contributed by atoms with Gasteiger partial charge in [0, 0.05) is 0 Å². The van der Waals surface area contributed by atoms with E-state index in [-0.39, 0.29) is 9.89 Å². The predicted octanol–water partition coefficient (Wildman–Crippen LogP) is 5.54. The molecule has 0 aliphatic heterocycles. The fourth-order valence-electron chi connectivity index (χ4n) is 2.07. The van der Waals surface area contributed by atoms with Crippen molar-refractivity contribution in [3.8, 4) is 5.75 Å². The molecule has 0 fully saturated rings. The van der Waals surface area contributed by atoms with Gasteiger partial charge in [-0.25, -0.2) is 0 Å². The molecule has 0 bridgehead atoms. The number of alkyl halides is 1. The van der Waals surface area contributed by atoms with Crippen LogP contribution in [0, 0.1) is 0 Å². The van der Waals surface area contributed by atoms with E-state index in [1.807, 2.05) is 30.3 Å². The summed E-state index contributed by atoms with van der Waals surface area (Å²) in [5, 5.41) is 0. The average molecular weight is 388 g/mol. The Kier molecular flexibility index (Phi) is 9.71. The summed E-state index contributed by atoms with van der Waals surface area (Å²) in [5.74, 6) is 0.515. The van der Waals surface area contributed by atoms with Crippen molar-refractivity contribution in [1.29, 1.82) is 0 Å². The van der Waals surface area contributed by atoms with Gasteiger partial charge in [-0.3, -0.25) is 4.79 Å². The van der Waals surface area contributed by atoms with Crippen molar-refractivity contribution in [2.75, 3.05) is 0 Å². The second kappa shape index (κ2) is 11.1. The summed E-state index contributed by atoms with van der Waals surface area (Å²) in [5.41, 5.74) is 0. The van der Waals surface area contributed by atoms with Gasteiger partial charge in [0.25, 0.3) is 0 Å². The first-order valence-electron chi connectivity index (χ1n) is 7.65. The Labute approximate surface area is 136 Å². The fraction of sp³-hybridized carbons (Fsp3) is 0.588. The van der Waals surface area contributed by atoms with Gasteiger partial charge in [0.2, 0.25) is 0 Å². The lowest BCUT2D eigenvalue weighted by atomic mass is 10.1. The Morgan fingerprint density at radius 3 is 2.30 bits per heavy atom. The van der Waals surface area contributed by atoms with Crippen molar-refractivity contribution in [3.63, 3.8) is 0 Å². The van der Waals surface area contributed by atoms with Gasteiger partial charge in [-0.2, -0.15) is 0 Å². The van der Waals surface area contributed by atoms with Gasteiger partial charge in [0.05, 0.1) is 0 Å². The fourth-order valence-corrected chi connectivity index (χ4v) is 2.63. The first-order valence-corrected chi connectivity index (χ1v) is 8.89. The molecular weight excluding hydrogens is 363 g/mol. The first-order chi connectivity index (χ1) is 9.74. The van der Waals surface area contributed by atoms with E-state index in [4.69, 9.17) is 4.74 Å². The lowest BCUT2D eigenvalue weighted by molar-refractivity contribution is -0.133. The molecule has 1 aromatic carbocycles. The Morgan fingerprint density at radius 2 is 1.65 bits per heavy atom. The number of benzene rings is 1. The SMILES string of the molecule is CCCCCCCCCC(I)C(=O)Oc1ccccc1. The highest BCUT2D eigenvalue weighted by molar-refractivity contribution is 14.1. The maximum atomic E-state index is 11.9. The molecule has 0 saturated heterocycles. The van der Waals surface area contributed by atoms with E-state index < -0.39 is 0 Å². The Balaban J connectivity index is 2.10. The van der Waals surface area contributed by atoms with Crippen molar-refractivity contribution in [2.24, 2.45) is 0 Å². The van der Waals surface area contributed by atoms with E-state index >= 15 is 0 Å².